The lowest BCUT2D eigenvalue weighted by molar-refractivity contribution is -0.146. The molecule has 128 valence electrons. The number of anilines is 1. The van der Waals surface area contributed by atoms with Crippen LogP contribution in [0.15, 0.2) is 18.2 Å². The first-order valence-corrected chi connectivity index (χ1v) is 8.70. The first-order chi connectivity index (χ1) is 11.5. The van der Waals surface area contributed by atoms with Crippen molar-refractivity contribution in [1.82, 2.24) is 0 Å². The van der Waals surface area contributed by atoms with Crippen molar-refractivity contribution in [2.45, 2.75) is 19.8 Å². The molecule has 1 fully saturated rings. The Balaban J connectivity index is 1.85. The molecule has 4 atom stereocenters. The smallest absolute Gasteiger partial charge is 0.340 e. The first kappa shape index (κ1) is 16.7. The van der Waals surface area contributed by atoms with Gasteiger partial charge in [-0.25, -0.2) is 4.79 Å². The Bertz CT molecular complexity index is 723. The number of carbonyl (C=O) groups is 3. The van der Waals surface area contributed by atoms with Gasteiger partial charge in [0.15, 0.2) is 0 Å². The van der Waals surface area contributed by atoms with E-state index in [1.165, 1.54) is 18.4 Å². The standard InChI is InChI=1S/C17H19NO5S/c1-3-10-7-11(17(22)23-2)15(24-10)18-14(19)12-8-4-5-9(6-8)13(12)16(20)21/h4-5,7-9,12-13H,3,6H2,1-2H3,(H,18,19)(H,20,21)/t8-,9+,12-,13+/m1/s1. The fraction of sp³-hybridized carbons (Fsp3) is 0.471. The molecule has 0 aromatic carbocycles. The van der Waals surface area contributed by atoms with Crippen molar-refractivity contribution >= 4 is 34.2 Å². The highest BCUT2D eigenvalue weighted by atomic mass is 32.1. The highest BCUT2D eigenvalue weighted by molar-refractivity contribution is 7.16. The molecule has 2 aliphatic rings. The van der Waals surface area contributed by atoms with Gasteiger partial charge in [0.05, 0.1) is 24.5 Å². The molecular weight excluding hydrogens is 330 g/mol. The third-order valence-corrected chi connectivity index (χ3v) is 6.02. The molecule has 0 aliphatic heterocycles. The summed E-state index contributed by atoms with van der Waals surface area (Å²) in [6, 6.07) is 1.71. The van der Waals surface area contributed by atoms with E-state index in [0.29, 0.717) is 17.0 Å². The second-order valence-electron chi connectivity index (χ2n) is 6.13. The number of carboxylic acids is 1. The summed E-state index contributed by atoms with van der Waals surface area (Å²) in [5.41, 5.74) is 0.318. The van der Waals surface area contributed by atoms with Gasteiger partial charge in [-0.05, 0) is 30.7 Å². The van der Waals surface area contributed by atoms with Gasteiger partial charge in [-0.15, -0.1) is 11.3 Å². The Morgan fingerprint density at radius 2 is 1.96 bits per heavy atom. The minimum Gasteiger partial charge on any atom is -0.481 e. The number of allylic oxidation sites excluding steroid dienone is 2. The van der Waals surface area contributed by atoms with E-state index in [-0.39, 0.29) is 17.7 Å². The number of methoxy groups -OCH3 is 1. The molecule has 2 aliphatic carbocycles. The molecule has 2 N–H and O–H groups in total. The van der Waals surface area contributed by atoms with Crippen molar-refractivity contribution in [3.8, 4) is 0 Å². The number of nitrogens with one attached hydrogen (secondary N) is 1. The van der Waals surface area contributed by atoms with Gasteiger partial charge in [0.1, 0.15) is 5.00 Å². The summed E-state index contributed by atoms with van der Waals surface area (Å²) in [7, 11) is 1.29. The molecule has 0 saturated heterocycles. The Morgan fingerprint density at radius 1 is 1.29 bits per heavy atom. The van der Waals surface area contributed by atoms with Gasteiger partial charge < -0.3 is 15.2 Å². The lowest BCUT2D eigenvalue weighted by Gasteiger charge is -2.23. The van der Waals surface area contributed by atoms with Gasteiger partial charge in [-0.3, -0.25) is 9.59 Å². The van der Waals surface area contributed by atoms with Crippen LogP contribution in [0, 0.1) is 23.7 Å². The number of carboxylic acid groups (broad SMARTS) is 1. The fourth-order valence-electron chi connectivity index (χ4n) is 3.68. The van der Waals surface area contributed by atoms with Crippen molar-refractivity contribution < 1.29 is 24.2 Å². The summed E-state index contributed by atoms with van der Waals surface area (Å²) < 4.78 is 4.76. The highest BCUT2D eigenvalue weighted by Crippen LogP contribution is 2.48. The number of thiophene rings is 1. The average molecular weight is 349 g/mol. The monoisotopic (exact) mass is 349 g/mol. The lowest BCUT2D eigenvalue weighted by Crippen LogP contribution is -2.36. The number of aryl methyl sites for hydroxylation is 1. The maximum absolute atomic E-state index is 12.7. The molecule has 1 saturated carbocycles. The molecule has 24 heavy (non-hydrogen) atoms. The van der Waals surface area contributed by atoms with Crippen LogP contribution >= 0.6 is 11.3 Å². The van der Waals surface area contributed by atoms with Crippen molar-refractivity contribution in [1.29, 1.82) is 0 Å². The number of amides is 1. The van der Waals surface area contributed by atoms with Crippen LogP contribution in [0.3, 0.4) is 0 Å². The molecular formula is C17H19NO5S. The van der Waals surface area contributed by atoms with Gasteiger partial charge >= 0.3 is 11.9 Å². The number of fused-ring (bicyclic) bond motifs is 2. The van der Waals surface area contributed by atoms with E-state index in [4.69, 9.17) is 4.74 Å². The van der Waals surface area contributed by atoms with E-state index in [2.05, 4.69) is 5.32 Å². The number of hydrogen-bond donors (Lipinski definition) is 2. The molecule has 0 unspecified atom stereocenters. The Kier molecular flexibility index (Phi) is 4.45. The largest absolute Gasteiger partial charge is 0.481 e. The minimum absolute atomic E-state index is 0.0525. The Labute approximate surface area is 143 Å². The van der Waals surface area contributed by atoms with Gasteiger partial charge in [0, 0.05) is 4.88 Å². The van der Waals surface area contributed by atoms with Crippen molar-refractivity contribution in [3.05, 3.63) is 28.7 Å². The summed E-state index contributed by atoms with van der Waals surface area (Å²) in [6.07, 6.45) is 5.26. The van der Waals surface area contributed by atoms with Gasteiger partial charge in [-0.2, -0.15) is 0 Å². The highest BCUT2D eigenvalue weighted by Gasteiger charge is 2.51. The maximum Gasteiger partial charge on any atom is 0.340 e. The molecule has 1 amide bonds. The van der Waals surface area contributed by atoms with Crippen molar-refractivity contribution in [3.63, 3.8) is 0 Å². The molecule has 1 aromatic heterocycles. The predicted molar refractivity (Wildman–Crippen MR) is 89.0 cm³/mol. The third-order valence-electron chi connectivity index (χ3n) is 4.82. The van der Waals surface area contributed by atoms with E-state index in [1.807, 2.05) is 19.1 Å². The van der Waals surface area contributed by atoms with Crippen LogP contribution in [0.1, 0.15) is 28.6 Å². The Hall–Kier alpha value is -2.15. The topological polar surface area (TPSA) is 92.7 Å². The number of esters is 1. The van der Waals surface area contributed by atoms with Crippen LogP contribution in [-0.2, 0) is 20.7 Å². The van der Waals surface area contributed by atoms with Crippen LogP contribution in [0.5, 0.6) is 0 Å². The van der Waals surface area contributed by atoms with E-state index in [1.54, 1.807) is 6.07 Å². The normalized spacial score (nSPS) is 27.2. The SMILES string of the molecule is CCc1cc(C(=O)OC)c(NC(=O)[C@H]2[C@@H](C(=O)O)[C@H]3C=C[C@@H]2C3)s1. The van der Waals surface area contributed by atoms with Crippen LogP contribution in [0.4, 0.5) is 5.00 Å². The second-order valence-corrected chi connectivity index (χ2v) is 7.26. The second kappa shape index (κ2) is 6.39. The quantitative estimate of drug-likeness (QED) is 0.629. The maximum atomic E-state index is 12.7. The summed E-state index contributed by atoms with van der Waals surface area (Å²) in [4.78, 5) is 37.1. The van der Waals surface area contributed by atoms with E-state index >= 15 is 0 Å². The van der Waals surface area contributed by atoms with E-state index in [9.17, 15) is 19.5 Å². The summed E-state index contributed by atoms with van der Waals surface area (Å²) >= 11 is 1.32. The van der Waals surface area contributed by atoms with Gasteiger partial charge in [0.2, 0.25) is 5.91 Å². The van der Waals surface area contributed by atoms with Gasteiger partial charge in [0.25, 0.3) is 0 Å². The first-order valence-electron chi connectivity index (χ1n) is 7.89. The molecule has 2 bridgehead atoms. The number of ether oxygens (including phenoxy) is 1. The van der Waals surface area contributed by atoms with Crippen LogP contribution in [0.25, 0.3) is 0 Å². The molecule has 7 heteroatoms. The number of aliphatic carboxylic acids is 1. The van der Waals surface area contributed by atoms with E-state index in [0.717, 1.165) is 11.3 Å². The number of carbonyl (C=O) groups excluding carboxylic acids is 2. The zero-order valence-electron chi connectivity index (χ0n) is 13.4. The summed E-state index contributed by atoms with van der Waals surface area (Å²) in [5.74, 6) is -3.23. The zero-order valence-corrected chi connectivity index (χ0v) is 14.3. The molecule has 3 rings (SSSR count). The van der Waals surface area contributed by atoms with Gasteiger partial charge in [-0.1, -0.05) is 19.1 Å². The fourth-order valence-corrected chi connectivity index (χ4v) is 4.67. The molecule has 1 heterocycles. The third kappa shape index (κ3) is 2.73. The summed E-state index contributed by atoms with van der Waals surface area (Å²) in [6.45, 7) is 1.96. The number of hydrogen-bond acceptors (Lipinski definition) is 5. The molecule has 0 radical (unpaired) electrons. The minimum atomic E-state index is -0.944. The number of rotatable bonds is 5. The van der Waals surface area contributed by atoms with Crippen LogP contribution in [0.2, 0.25) is 0 Å². The van der Waals surface area contributed by atoms with Crippen molar-refractivity contribution in [2.24, 2.45) is 23.7 Å². The predicted octanol–water partition coefficient (Wildman–Crippen LogP) is 2.56. The molecule has 0 spiro atoms. The van der Waals surface area contributed by atoms with Crippen molar-refractivity contribution in [2.75, 3.05) is 12.4 Å². The van der Waals surface area contributed by atoms with E-state index < -0.39 is 23.8 Å². The molecule has 1 aromatic rings. The summed E-state index contributed by atoms with van der Waals surface area (Å²) in [5, 5.41) is 12.7. The molecule has 6 nitrogen and oxygen atoms in total. The lowest BCUT2D eigenvalue weighted by atomic mass is 9.82. The van der Waals surface area contributed by atoms with Crippen LogP contribution < -0.4 is 5.32 Å². The van der Waals surface area contributed by atoms with Crippen LogP contribution in [-0.4, -0.2) is 30.1 Å². The Morgan fingerprint density at radius 3 is 2.54 bits per heavy atom. The zero-order chi connectivity index (χ0) is 17.4. The average Bonchev–Trinajstić information content (AvgIpc) is 3.27.